The molecule has 92 valence electrons. The Balaban J connectivity index is 2.29. The van der Waals surface area contributed by atoms with Gasteiger partial charge in [-0.3, -0.25) is 0 Å². The number of hydrogen-bond donors (Lipinski definition) is 0. The first-order valence-electron chi connectivity index (χ1n) is 5.25. The Hall–Kier alpha value is -0.143. The standard InChI is InChI=1S/C9H19N2O2S2Si/c1-10(2)8-6-14-16(5,12-8)13-9(7-15-16)11(3)4/h6-7H2,1-5H3/q+1. The normalized spacial score (nSPS) is 28.2. The van der Waals surface area contributed by atoms with E-state index in [9.17, 15) is 0 Å². The predicted molar refractivity (Wildman–Crippen MR) is 72.9 cm³/mol. The molecule has 2 aliphatic heterocycles. The summed E-state index contributed by atoms with van der Waals surface area (Å²) in [7, 11) is 8.08. The third-order valence-corrected chi connectivity index (χ3v) is 14.0. The fourth-order valence-electron chi connectivity index (χ4n) is 1.65. The van der Waals surface area contributed by atoms with E-state index in [-0.39, 0.29) is 0 Å². The molecule has 2 saturated heterocycles. The summed E-state index contributed by atoms with van der Waals surface area (Å²) in [6, 6.07) is 0. The maximum atomic E-state index is 6.19. The van der Waals surface area contributed by atoms with Crippen molar-refractivity contribution in [2.24, 2.45) is 0 Å². The Bertz CT molecular complexity index is 364. The molecule has 0 N–H and O–H groups in total. The molecule has 1 spiro atoms. The van der Waals surface area contributed by atoms with Crippen molar-refractivity contribution in [2.45, 2.75) is 6.55 Å². The van der Waals surface area contributed by atoms with Gasteiger partial charge in [0.05, 0.1) is 0 Å². The van der Waals surface area contributed by atoms with Crippen LogP contribution in [0.4, 0.5) is 0 Å². The van der Waals surface area contributed by atoms with Gasteiger partial charge in [-0.05, 0) is 0 Å². The van der Waals surface area contributed by atoms with E-state index >= 15 is 0 Å². The summed E-state index contributed by atoms with van der Waals surface area (Å²) in [4.78, 5) is 0. The molecule has 0 aliphatic carbocycles. The van der Waals surface area contributed by atoms with Gasteiger partial charge >= 0.3 is 105 Å². The van der Waals surface area contributed by atoms with Crippen LogP contribution in [0.3, 0.4) is 0 Å². The summed E-state index contributed by atoms with van der Waals surface area (Å²) < 4.78 is 16.5. The van der Waals surface area contributed by atoms with E-state index in [1.807, 2.05) is 59.8 Å². The zero-order valence-corrected chi connectivity index (χ0v) is 13.1. The van der Waals surface area contributed by atoms with Gasteiger partial charge in [0, 0.05) is 0 Å². The fraction of sp³-hybridized carbons (Fsp3) is 0.778. The minimum atomic E-state index is -2.79. The molecule has 0 unspecified atom stereocenters. The summed E-state index contributed by atoms with van der Waals surface area (Å²) in [6.45, 7) is 2.17. The Morgan fingerprint density at radius 1 is 0.938 bits per heavy atom. The zero-order chi connectivity index (χ0) is 12.0. The molecule has 2 heterocycles. The average Bonchev–Trinajstić information content (AvgIpc) is 2.70. The van der Waals surface area contributed by atoms with Gasteiger partial charge in [0.2, 0.25) is 0 Å². The van der Waals surface area contributed by atoms with Crippen LogP contribution in [0.2, 0.25) is 6.55 Å². The van der Waals surface area contributed by atoms with E-state index in [2.05, 4.69) is 6.55 Å². The molecule has 2 fully saturated rings. The second kappa shape index (κ2) is 3.68. The van der Waals surface area contributed by atoms with Crippen LogP contribution < -0.4 is 0 Å². The van der Waals surface area contributed by atoms with Crippen molar-refractivity contribution in [1.29, 1.82) is 0 Å². The van der Waals surface area contributed by atoms with Crippen LogP contribution in [-0.2, 0) is 8.85 Å². The van der Waals surface area contributed by atoms with Gasteiger partial charge in [-0.2, -0.15) is 0 Å². The molecule has 0 amide bonds. The van der Waals surface area contributed by atoms with Gasteiger partial charge in [-0.1, -0.05) is 0 Å². The third kappa shape index (κ3) is 2.00. The van der Waals surface area contributed by atoms with Gasteiger partial charge in [0.25, 0.3) is 0 Å². The zero-order valence-electron chi connectivity index (χ0n) is 10.4. The molecule has 0 saturated carbocycles. The first kappa shape index (κ1) is 12.3. The van der Waals surface area contributed by atoms with Crippen molar-refractivity contribution >= 4 is 40.4 Å². The number of hydrogen-bond acceptors (Lipinski definition) is 4. The minimum absolute atomic E-state index is 0.922. The van der Waals surface area contributed by atoms with Crippen molar-refractivity contribution < 1.29 is 18.0 Å². The molecule has 0 aromatic carbocycles. The van der Waals surface area contributed by atoms with E-state index in [0.717, 1.165) is 23.3 Å². The van der Waals surface area contributed by atoms with E-state index in [0.29, 0.717) is 0 Å². The van der Waals surface area contributed by atoms with Crippen LogP contribution in [0.25, 0.3) is 0 Å². The SMILES string of the molecule is C[N+](C)=C1CS[Si-]2(C)(O1)OC(=[N+](C)C)CS2. The molecule has 0 aromatic rings. The molecule has 2 aliphatic rings. The molecule has 7 heteroatoms. The number of nitrogens with zero attached hydrogens (tertiary/aromatic N) is 2. The van der Waals surface area contributed by atoms with E-state index in [1.54, 1.807) is 0 Å². The monoisotopic (exact) mass is 279 g/mol. The average molecular weight is 279 g/mol. The van der Waals surface area contributed by atoms with Gasteiger partial charge in [0.1, 0.15) is 0 Å². The molecule has 2 rings (SSSR count). The van der Waals surface area contributed by atoms with E-state index in [4.69, 9.17) is 8.85 Å². The molecular weight excluding hydrogens is 260 g/mol. The van der Waals surface area contributed by atoms with Crippen molar-refractivity contribution in [2.75, 3.05) is 39.7 Å². The molecular formula is C9H19N2O2S2Si+. The van der Waals surface area contributed by atoms with Crippen LogP contribution in [0.5, 0.6) is 0 Å². The molecule has 0 atom stereocenters. The van der Waals surface area contributed by atoms with Crippen LogP contribution in [0, 0.1) is 0 Å². The van der Waals surface area contributed by atoms with Crippen molar-refractivity contribution in [3.8, 4) is 0 Å². The molecule has 0 radical (unpaired) electrons. The molecule has 0 bridgehead atoms. The first-order chi connectivity index (χ1) is 7.32. The Morgan fingerprint density at radius 3 is 1.56 bits per heavy atom. The molecule has 0 aromatic heterocycles. The number of rotatable bonds is 0. The van der Waals surface area contributed by atoms with E-state index < -0.39 is 6.14 Å². The third-order valence-electron chi connectivity index (χ3n) is 2.72. The van der Waals surface area contributed by atoms with Gasteiger partial charge < -0.3 is 0 Å². The Kier molecular flexibility index (Phi) is 2.83. The summed E-state index contributed by atoms with van der Waals surface area (Å²) in [6.07, 6.45) is -2.79. The Labute approximate surface area is 105 Å². The summed E-state index contributed by atoms with van der Waals surface area (Å²) >= 11 is 3.71. The van der Waals surface area contributed by atoms with Gasteiger partial charge in [-0.15, -0.1) is 0 Å². The van der Waals surface area contributed by atoms with E-state index in [1.165, 1.54) is 0 Å². The predicted octanol–water partition coefficient (Wildman–Crippen LogP) is 0.874. The van der Waals surface area contributed by atoms with Crippen LogP contribution in [0.1, 0.15) is 0 Å². The quantitative estimate of drug-likeness (QED) is 0.485. The van der Waals surface area contributed by atoms with Gasteiger partial charge in [-0.25, -0.2) is 0 Å². The van der Waals surface area contributed by atoms with Crippen molar-refractivity contribution in [3.63, 3.8) is 0 Å². The summed E-state index contributed by atoms with van der Waals surface area (Å²) in [5.74, 6) is 3.91. The summed E-state index contributed by atoms with van der Waals surface area (Å²) in [5, 5.41) is 0. The topological polar surface area (TPSA) is 24.5 Å². The second-order valence-corrected chi connectivity index (χ2v) is 17.1. The van der Waals surface area contributed by atoms with Crippen LogP contribution in [-0.4, -0.2) is 66.8 Å². The van der Waals surface area contributed by atoms with Crippen LogP contribution >= 0.6 is 22.4 Å². The maximum absolute atomic E-state index is 6.19. The Morgan fingerprint density at radius 2 is 1.31 bits per heavy atom. The van der Waals surface area contributed by atoms with Crippen molar-refractivity contribution in [1.82, 2.24) is 0 Å². The van der Waals surface area contributed by atoms with Crippen molar-refractivity contribution in [3.05, 3.63) is 0 Å². The van der Waals surface area contributed by atoms with Gasteiger partial charge in [0.15, 0.2) is 0 Å². The second-order valence-electron chi connectivity index (χ2n) is 4.67. The fourth-order valence-corrected chi connectivity index (χ4v) is 11.9. The molecule has 16 heavy (non-hydrogen) atoms. The summed E-state index contributed by atoms with van der Waals surface area (Å²) in [5.41, 5.74) is 0. The first-order valence-corrected chi connectivity index (χ1v) is 11.5. The molecule has 4 nitrogen and oxygen atoms in total. The van der Waals surface area contributed by atoms with Crippen LogP contribution in [0.15, 0.2) is 0 Å².